The molecule has 0 fully saturated rings. The summed E-state index contributed by atoms with van der Waals surface area (Å²) >= 11 is 0. The van der Waals surface area contributed by atoms with E-state index < -0.39 is 5.97 Å². The van der Waals surface area contributed by atoms with Crippen LogP contribution in [0.1, 0.15) is 30.8 Å². The Morgan fingerprint density at radius 3 is 2.78 bits per heavy atom. The second-order valence-corrected chi connectivity index (χ2v) is 4.36. The van der Waals surface area contributed by atoms with E-state index in [1.807, 2.05) is 0 Å². The Hall–Kier alpha value is -1.69. The van der Waals surface area contributed by atoms with E-state index in [1.54, 1.807) is 6.07 Å². The predicted octanol–water partition coefficient (Wildman–Crippen LogP) is 1.65. The third-order valence-electron chi connectivity index (χ3n) is 2.11. The van der Waals surface area contributed by atoms with Crippen LogP contribution in [0.2, 0.25) is 0 Å². The van der Waals surface area contributed by atoms with E-state index in [0.717, 1.165) is 19.6 Å². The molecule has 1 heterocycles. The van der Waals surface area contributed by atoms with Gasteiger partial charge in [0.15, 0.2) is 5.69 Å². The molecule has 0 amide bonds. The van der Waals surface area contributed by atoms with Crippen LogP contribution >= 0.6 is 0 Å². The number of anilines is 1. The molecule has 0 aliphatic heterocycles. The quantitative estimate of drug-likeness (QED) is 0.685. The molecule has 2 N–H and O–H groups in total. The average molecular weight is 253 g/mol. The molecular weight excluding hydrogens is 234 g/mol. The van der Waals surface area contributed by atoms with Crippen LogP contribution in [-0.4, -0.2) is 41.0 Å². The topological polar surface area (TPSA) is 84.3 Å². The van der Waals surface area contributed by atoms with Crippen LogP contribution in [0.25, 0.3) is 0 Å². The number of aromatic nitrogens is 2. The number of ether oxygens (including phenoxy) is 1. The highest BCUT2D eigenvalue weighted by molar-refractivity contribution is 5.85. The van der Waals surface area contributed by atoms with Gasteiger partial charge in [-0.15, -0.1) is 10.2 Å². The number of nitrogens with one attached hydrogen (secondary N) is 1. The zero-order chi connectivity index (χ0) is 13.4. The van der Waals surface area contributed by atoms with E-state index in [9.17, 15) is 4.79 Å². The standard InChI is InChI=1S/C12H19N3O3/c1-9(2)8-18-7-3-6-13-11-5-4-10(12(16)17)14-15-11/h4-5,9H,3,6-8H2,1-2H3,(H,13,15)(H,16,17). The predicted molar refractivity (Wildman–Crippen MR) is 67.8 cm³/mol. The Labute approximate surface area is 106 Å². The van der Waals surface area contributed by atoms with E-state index >= 15 is 0 Å². The summed E-state index contributed by atoms with van der Waals surface area (Å²) in [5.74, 6) is 0.0485. The first kappa shape index (κ1) is 14.4. The van der Waals surface area contributed by atoms with Crippen molar-refractivity contribution in [3.05, 3.63) is 17.8 Å². The number of carboxylic acids is 1. The molecule has 100 valence electrons. The molecule has 1 rings (SSSR count). The summed E-state index contributed by atoms with van der Waals surface area (Å²) in [6, 6.07) is 3.03. The van der Waals surface area contributed by atoms with E-state index in [1.165, 1.54) is 6.07 Å². The van der Waals surface area contributed by atoms with Crippen molar-refractivity contribution in [2.75, 3.05) is 25.1 Å². The summed E-state index contributed by atoms with van der Waals surface area (Å²) in [7, 11) is 0. The molecule has 18 heavy (non-hydrogen) atoms. The number of rotatable bonds is 8. The van der Waals surface area contributed by atoms with Gasteiger partial charge in [0.05, 0.1) is 0 Å². The van der Waals surface area contributed by atoms with Crippen molar-refractivity contribution in [3.8, 4) is 0 Å². The first-order chi connectivity index (χ1) is 8.59. The number of carbonyl (C=O) groups is 1. The van der Waals surface area contributed by atoms with E-state index in [4.69, 9.17) is 9.84 Å². The van der Waals surface area contributed by atoms with Crippen LogP contribution in [0.4, 0.5) is 5.82 Å². The third kappa shape index (κ3) is 5.58. The average Bonchev–Trinajstić information content (AvgIpc) is 2.34. The Balaban J connectivity index is 2.17. The molecule has 0 saturated heterocycles. The number of aromatic carboxylic acids is 1. The maximum atomic E-state index is 10.6. The summed E-state index contributed by atoms with van der Waals surface area (Å²) in [4.78, 5) is 10.6. The fourth-order valence-corrected chi connectivity index (χ4v) is 1.25. The summed E-state index contributed by atoms with van der Waals surface area (Å²) in [5.41, 5.74) is -0.0548. The molecule has 0 aliphatic carbocycles. The minimum Gasteiger partial charge on any atom is -0.476 e. The minimum absolute atomic E-state index is 0.0548. The van der Waals surface area contributed by atoms with Crippen molar-refractivity contribution >= 4 is 11.8 Å². The number of hydrogen-bond acceptors (Lipinski definition) is 5. The summed E-state index contributed by atoms with van der Waals surface area (Å²) in [5, 5.41) is 19.0. The van der Waals surface area contributed by atoms with Crippen molar-refractivity contribution in [1.29, 1.82) is 0 Å². The first-order valence-electron chi connectivity index (χ1n) is 5.98. The molecule has 0 saturated carbocycles. The van der Waals surface area contributed by atoms with Gasteiger partial charge < -0.3 is 15.2 Å². The maximum Gasteiger partial charge on any atom is 0.356 e. The maximum absolute atomic E-state index is 10.6. The van der Waals surface area contributed by atoms with Gasteiger partial charge in [0.1, 0.15) is 5.82 Å². The second-order valence-electron chi connectivity index (χ2n) is 4.36. The minimum atomic E-state index is -1.07. The first-order valence-corrected chi connectivity index (χ1v) is 5.98. The van der Waals surface area contributed by atoms with Gasteiger partial charge >= 0.3 is 5.97 Å². The lowest BCUT2D eigenvalue weighted by Crippen LogP contribution is -2.10. The molecule has 0 aliphatic rings. The molecule has 0 spiro atoms. The van der Waals surface area contributed by atoms with Crippen LogP contribution in [0.15, 0.2) is 12.1 Å². The molecule has 6 heteroatoms. The van der Waals surface area contributed by atoms with Crippen LogP contribution in [0.5, 0.6) is 0 Å². The van der Waals surface area contributed by atoms with E-state index in [-0.39, 0.29) is 5.69 Å². The van der Waals surface area contributed by atoms with E-state index in [0.29, 0.717) is 18.3 Å². The molecule has 0 bridgehead atoms. The highest BCUT2D eigenvalue weighted by atomic mass is 16.5. The van der Waals surface area contributed by atoms with Crippen LogP contribution < -0.4 is 5.32 Å². The van der Waals surface area contributed by atoms with Crippen molar-refractivity contribution < 1.29 is 14.6 Å². The molecule has 0 aromatic carbocycles. The van der Waals surface area contributed by atoms with Gasteiger partial charge in [-0.1, -0.05) is 13.8 Å². The van der Waals surface area contributed by atoms with Gasteiger partial charge in [0.25, 0.3) is 0 Å². The second kappa shape index (κ2) is 7.60. The zero-order valence-electron chi connectivity index (χ0n) is 10.7. The summed E-state index contributed by atoms with van der Waals surface area (Å²) in [6.45, 7) is 6.41. The molecular formula is C12H19N3O3. The van der Waals surface area contributed by atoms with Gasteiger partial charge in [0.2, 0.25) is 0 Å². The monoisotopic (exact) mass is 253 g/mol. The molecule has 0 unspecified atom stereocenters. The summed E-state index contributed by atoms with van der Waals surface area (Å²) in [6.07, 6.45) is 0.870. The lowest BCUT2D eigenvalue weighted by atomic mass is 10.2. The molecule has 1 aromatic rings. The van der Waals surface area contributed by atoms with Gasteiger partial charge in [-0.2, -0.15) is 0 Å². The molecule has 0 radical (unpaired) electrons. The normalized spacial score (nSPS) is 10.6. The highest BCUT2D eigenvalue weighted by Crippen LogP contribution is 2.02. The summed E-state index contributed by atoms with van der Waals surface area (Å²) < 4.78 is 5.43. The Bertz CT molecular complexity index is 365. The van der Waals surface area contributed by atoms with Crippen molar-refractivity contribution in [2.45, 2.75) is 20.3 Å². The Morgan fingerprint density at radius 2 is 2.22 bits per heavy atom. The Morgan fingerprint density at radius 1 is 1.44 bits per heavy atom. The van der Waals surface area contributed by atoms with Crippen molar-refractivity contribution in [2.24, 2.45) is 5.92 Å². The van der Waals surface area contributed by atoms with Crippen LogP contribution in [-0.2, 0) is 4.74 Å². The number of hydrogen-bond donors (Lipinski definition) is 2. The highest BCUT2D eigenvalue weighted by Gasteiger charge is 2.04. The van der Waals surface area contributed by atoms with Gasteiger partial charge in [-0.05, 0) is 24.5 Å². The lowest BCUT2D eigenvalue weighted by Gasteiger charge is -2.07. The number of nitrogens with zero attached hydrogens (tertiary/aromatic N) is 2. The zero-order valence-corrected chi connectivity index (χ0v) is 10.7. The fourth-order valence-electron chi connectivity index (χ4n) is 1.25. The lowest BCUT2D eigenvalue weighted by molar-refractivity contribution is 0.0689. The molecule has 1 aromatic heterocycles. The van der Waals surface area contributed by atoms with Crippen LogP contribution in [0, 0.1) is 5.92 Å². The van der Waals surface area contributed by atoms with E-state index in [2.05, 4.69) is 29.4 Å². The van der Waals surface area contributed by atoms with Crippen LogP contribution in [0.3, 0.4) is 0 Å². The smallest absolute Gasteiger partial charge is 0.356 e. The van der Waals surface area contributed by atoms with Gasteiger partial charge in [-0.25, -0.2) is 4.79 Å². The largest absolute Gasteiger partial charge is 0.476 e. The third-order valence-corrected chi connectivity index (χ3v) is 2.11. The SMILES string of the molecule is CC(C)COCCCNc1ccc(C(=O)O)nn1. The van der Waals surface area contributed by atoms with Gasteiger partial charge in [-0.3, -0.25) is 0 Å². The van der Waals surface area contributed by atoms with Crippen molar-refractivity contribution in [1.82, 2.24) is 10.2 Å². The molecule has 0 atom stereocenters. The number of carboxylic acid groups (broad SMARTS) is 1. The molecule has 6 nitrogen and oxygen atoms in total. The Kier molecular flexibility index (Phi) is 6.07. The van der Waals surface area contributed by atoms with Crippen molar-refractivity contribution in [3.63, 3.8) is 0 Å². The van der Waals surface area contributed by atoms with Gasteiger partial charge in [0, 0.05) is 19.8 Å². The fraction of sp³-hybridized carbons (Fsp3) is 0.583.